The number of hydrogen-bond acceptors (Lipinski definition) is 4. The van der Waals surface area contributed by atoms with Gasteiger partial charge < -0.3 is 4.74 Å². The van der Waals surface area contributed by atoms with Crippen LogP contribution in [0, 0.1) is 13.8 Å². The van der Waals surface area contributed by atoms with Crippen molar-refractivity contribution in [2.75, 3.05) is 0 Å². The summed E-state index contributed by atoms with van der Waals surface area (Å²) >= 11 is 1.56. The second-order valence-electron chi connectivity index (χ2n) is 4.73. The number of hydrogen-bond donors (Lipinski definition) is 0. The Hall–Kier alpha value is -2.20. The molecule has 2 heterocycles. The highest BCUT2D eigenvalue weighted by Crippen LogP contribution is 2.22. The van der Waals surface area contributed by atoms with Crippen molar-refractivity contribution in [2.45, 2.75) is 13.8 Å². The van der Waals surface area contributed by atoms with Crippen LogP contribution in [0.1, 0.15) is 21.6 Å². The topological polar surface area (TPSA) is 38.7 Å². The lowest BCUT2D eigenvalue weighted by molar-refractivity contribution is -0.129. The monoisotopic (exact) mass is 283 g/mol. The highest BCUT2D eigenvalue weighted by Gasteiger charge is 2.24. The van der Waals surface area contributed by atoms with Crippen LogP contribution < -0.4 is 0 Å². The molecule has 20 heavy (non-hydrogen) atoms. The van der Waals surface area contributed by atoms with Crippen LogP contribution in [0.2, 0.25) is 0 Å². The molecule has 1 aromatic heterocycles. The maximum Gasteiger partial charge on any atom is 0.363 e. The summed E-state index contributed by atoms with van der Waals surface area (Å²) in [5.41, 5.74) is 3.43. The third-order valence-corrected chi connectivity index (χ3v) is 3.73. The average Bonchev–Trinajstić information content (AvgIpc) is 3.00. The molecule has 3 rings (SSSR count). The van der Waals surface area contributed by atoms with E-state index in [1.807, 2.05) is 43.5 Å². The van der Waals surface area contributed by atoms with Crippen LogP contribution in [0.3, 0.4) is 0 Å². The van der Waals surface area contributed by atoms with Gasteiger partial charge in [0.1, 0.15) is 0 Å². The zero-order valence-corrected chi connectivity index (χ0v) is 12.0. The minimum atomic E-state index is -0.396. The van der Waals surface area contributed by atoms with Gasteiger partial charge in [-0.25, -0.2) is 9.79 Å². The predicted octanol–water partition coefficient (Wildman–Crippen LogP) is 3.71. The second kappa shape index (κ2) is 5.06. The van der Waals surface area contributed by atoms with Gasteiger partial charge in [-0.1, -0.05) is 23.3 Å². The molecule has 0 amide bonds. The summed E-state index contributed by atoms with van der Waals surface area (Å²) in [4.78, 5) is 17.2. The van der Waals surface area contributed by atoms with Crippen LogP contribution in [-0.2, 0) is 9.53 Å². The van der Waals surface area contributed by atoms with Crippen LogP contribution >= 0.6 is 11.3 Å². The van der Waals surface area contributed by atoms with Gasteiger partial charge in [0.05, 0.1) is 0 Å². The molecule has 3 nitrogen and oxygen atoms in total. The molecule has 0 fully saturated rings. The smallest absolute Gasteiger partial charge is 0.363 e. The van der Waals surface area contributed by atoms with Crippen LogP contribution in [0.15, 0.2) is 46.4 Å². The Morgan fingerprint density at radius 2 is 1.95 bits per heavy atom. The van der Waals surface area contributed by atoms with E-state index in [2.05, 4.69) is 11.1 Å². The van der Waals surface area contributed by atoms with Gasteiger partial charge in [-0.15, -0.1) is 11.3 Å². The number of benzene rings is 1. The molecule has 0 unspecified atom stereocenters. The zero-order chi connectivity index (χ0) is 14.1. The van der Waals surface area contributed by atoms with E-state index in [1.54, 1.807) is 17.4 Å². The fourth-order valence-corrected chi connectivity index (χ4v) is 2.79. The van der Waals surface area contributed by atoms with Gasteiger partial charge >= 0.3 is 5.97 Å². The molecule has 1 aliphatic heterocycles. The molecule has 0 N–H and O–H groups in total. The van der Waals surface area contributed by atoms with Crippen molar-refractivity contribution in [3.05, 3.63) is 63.0 Å². The van der Waals surface area contributed by atoms with E-state index in [0.29, 0.717) is 11.6 Å². The minimum absolute atomic E-state index is 0.349. The standard InChI is InChI=1S/C16H13NO2S/c1-10-6-11(2)8-12(7-10)15-17-14(16(18)19-15)9-13-4-3-5-20-13/h3-9H,1-2H3. The zero-order valence-electron chi connectivity index (χ0n) is 11.2. The molecule has 0 saturated heterocycles. The summed E-state index contributed by atoms with van der Waals surface area (Å²) < 4.78 is 5.27. The molecule has 2 aromatic rings. The first-order chi connectivity index (χ1) is 9.61. The Morgan fingerprint density at radius 3 is 2.60 bits per heavy atom. The Morgan fingerprint density at radius 1 is 1.20 bits per heavy atom. The Balaban J connectivity index is 1.98. The summed E-state index contributed by atoms with van der Waals surface area (Å²) in [6.45, 7) is 4.02. The summed E-state index contributed by atoms with van der Waals surface area (Å²) in [5, 5.41) is 1.96. The number of aliphatic imine (C=N–C) groups is 1. The molecule has 4 heteroatoms. The summed E-state index contributed by atoms with van der Waals surface area (Å²) in [5.74, 6) is -0.0165. The van der Waals surface area contributed by atoms with Crippen molar-refractivity contribution < 1.29 is 9.53 Å². The molecule has 0 saturated carbocycles. The number of aryl methyl sites for hydroxylation is 2. The van der Waals surface area contributed by atoms with Crippen molar-refractivity contribution in [2.24, 2.45) is 4.99 Å². The number of ether oxygens (including phenoxy) is 1. The van der Waals surface area contributed by atoms with Gasteiger partial charge in [0.25, 0.3) is 0 Å². The maximum absolute atomic E-state index is 11.9. The third-order valence-electron chi connectivity index (χ3n) is 2.91. The predicted molar refractivity (Wildman–Crippen MR) is 80.8 cm³/mol. The highest BCUT2D eigenvalue weighted by molar-refractivity contribution is 7.10. The quantitative estimate of drug-likeness (QED) is 0.622. The van der Waals surface area contributed by atoms with Crippen molar-refractivity contribution >= 4 is 29.3 Å². The molecule has 100 valence electrons. The van der Waals surface area contributed by atoms with Gasteiger partial charge in [-0.2, -0.15) is 0 Å². The van der Waals surface area contributed by atoms with Crippen molar-refractivity contribution in [3.63, 3.8) is 0 Å². The fraction of sp³-hybridized carbons (Fsp3) is 0.125. The Labute approximate surface area is 121 Å². The third kappa shape index (κ3) is 2.56. The van der Waals surface area contributed by atoms with Crippen molar-refractivity contribution in [1.82, 2.24) is 0 Å². The van der Waals surface area contributed by atoms with E-state index in [0.717, 1.165) is 21.6 Å². The maximum atomic E-state index is 11.9. The number of cyclic esters (lactones) is 1. The first-order valence-corrected chi connectivity index (χ1v) is 7.14. The molecule has 1 aromatic carbocycles. The average molecular weight is 283 g/mol. The normalized spacial score (nSPS) is 16.4. The largest absolute Gasteiger partial charge is 0.402 e. The Kier molecular flexibility index (Phi) is 3.24. The summed E-state index contributed by atoms with van der Waals surface area (Å²) in [6.07, 6.45) is 1.75. The number of carbonyl (C=O) groups excluding carboxylic acids is 1. The molecule has 0 bridgehead atoms. The highest BCUT2D eigenvalue weighted by atomic mass is 32.1. The molecular formula is C16H13NO2S. The SMILES string of the molecule is Cc1cc(C)cc(C2=NC(=Cc3cccs3)C(=O)O2)c1. The molecule has 1 aliphatic rings. The molecular weight excluding hydrogens is 270 g/mol. The van der Waals surface area contributed by atoms with Gasteiger partial charge in [0.15, 0.2) is 5.70 Å². The van der Waals surface area contributed by atoms with E-state index in [4.69, 9.17) is 4.74 Å². The lowest BCUT2D eigenvalue weighted by Crippen LogP contribution is -2.05. The van der Waals surface area contributed by atoms with Crippen LogP contribution in [0.25, 0.3) is 6.08 Å². The number of nitrogens with zero attached hydrogens (tertiary/aromatic N) is 1. The van der Waals surface area contributed by atoms with E-state index in [-0.39, 0.29) is 0 Å². The summed E-state index contributed by atoms with van der Waals surface area (Å²) in [7, 11) is 0. The number of carbonyl (C=O) groups is 1. The minimum Gasteiger partial charge on any atom is -0.402 e. The van der Waals surface area contributed by atoms with Gasteiger partial charge in [0.2, 0.25) is 5.90 Å². The molecule has 0 radical (unpaired) electrons. The Bertz CT molecular complexity index is 707. The van der Waals surface area contributed by atoms with Crippen LogP contribution in [0.5, 0.6) is 0 Å². The van der Waals surface area contributed by atoms with Gasteiger partial charge in [-0.05, 0) is 43.5 Å². The lowest BCUT2D eigenvalue weighted by atomic mass is 10.1. The first kappa shape index (κ1) is 12.8. The van der Waals surface area contributed by atoms with E-state index in [1.165, 1.54) is 0 Å². The van der Waals surface area contributed by atoms with Crippen molar-refractivity contribution in [1.29, 1.82) is 0 Å². The van der Waals surface area contributed by atoms with E-state index >= 15 is 0 Å². The number of rotatable bonds is 2. The van der Waals surface area contributed by atoms with Crippen LogP contribution in [-0.4, -0.2) is 11.9 Å². The summed E-state index contributed by atoms with van der Waals surface area (Å²) in [6, 6.07) is 9.88. The second-order valence-corrected chi connectivity index (χ2v) is 5.71. The van der Waals surface area contributed by atoms with E-state index in [9.17, 15) is 4.79 Å². The molecule has 0 spiro atoms. The van der Waals surface area contributed by atoms with E-state index < -0.39 is 5.97 Å². The van der Waals surface area contributed by atoms with Gasteiger partial charge in [0, 0.05) is 10.4 Å². The number of esters is 1. The number of thiophene rings is 1. The fourth-order valence-electron chi connectivity index (χ4n) is 2.14. The van der Waals surface area contributed by atoms with Crippen molar-refractivity contribution in [3.8, 4) is 0 Å². The van der Waals surface area contributed by atoms with Crippen LogP contribution in [0.4, 0.5) is 0 Å². The first-order valence-electron chi connectivity index (χ1n) is 6.26. The van der Waals surface area contributed by atoms with Gasteiger partial charge in [-0.3, -0.25) is 0 Å². The lowest BCUT2D eigenvalue weighted by Gasteiger charge is -2.03. The molecule has 0 atom stereocenters. The molecule has 0 aliphatic carbocycles.